The lowest BCUT2D eigenvalue weighted by molar-refractivity contribution is 0.388. The van der Waals surface area contributed by atoms with Crippen LogP contribution in [0, 0.1) is 5.92 Å². The molecule has 0 fully saturated rings. The first kappa shape index (κ1) is 12.6. The van der Waals surface area contributed by atoms with Crippen molar-refractivity contribution in [3.63, 3.8) is 0 Å². The summed E-state index contributed by atoms with van der Waals surface area (Å²) < 4.78 is 2.22. The zero-order valence-corrected chi connectivity index (χ0v) is 12.2. The lowest BCUT2D eigenvalue weighted by Gasteiger charge is -2.20. The summed E-state index contributed by atoms with van der Waals surface area (Å²) in [6, 6.07) is 2.36. The van der Waals surface area contributed by atoms with Gasteiger partial charge in [0, 0.05) is 9.35 Å². The van der Waals surface area contributed by atoms with Gasteiger partial charge in [0.1, 0.15) is 0 Å². The van der Waals surface area contributed by atoms with Gasteiger partial charge >= 0.3 is 0 Å². The molecular formula is C9H14Br2N2S. The Kier molecular flexibility index (Phi) is 5.06. The van der Waals surface area contributed by atoms with Gasteiger partial charge in [-0.25, -0.2) is 0 Å². The van der Waals surface area contributed by atoms with Gasteiger partial charge in [0.15, 0.2) is 0 Å². The molecule has 2 unspecified atom stereocenters. The van der Waals surface area contributed by atoms with Gasteiger partial charge in [0.2, 0.25) is 0 Å². The Morgan fingerprint density at radius 3 is 2.57 bits per heavy atom. The number of hydrogen-bond donors (Lipinski definition) is 2. The molecule has 2 nitrogen and oxygen atoms in total. The Balaban J connectivity index is 2.89. The molecule has 1 rings (SSSR count). The molecule has 0 aromatic carbocycles. The van der Waals surface area contributed by atoms with Gasteiger partial charge in [0.05, 0.1) is 9.83 Å². The second-order valence-electron chi connectivity index (χ2n) is 3.30. The molecule has 0 saturated heterocycles. The van der Waals surface area contributed by atoms with E-state index in [0.717, 1.165) is 14.7 Å². The zero-order valence-electron chi connectivity index (χ0n) is 8.18. The molecule has 0 amide bonds. The highest BCUT2D eigenvalue weighted by atomic mass is 79.9. The first-order chi connectivity index (χ1) is 6.60. The molecule has 1 aromatic rings. The fraction of sp³-hybridized carbons (Fsp3) is 0.556. The van der Waals surface area contributed by atoms with E-state index in [2.05, 4.69) is 57.2 Å². The van der Waals surface area contributed by atoms with E-state index in [1.165, 1.54) is 4.88 Å². The predicted octanol–water partition coefficient (Wildman–Crippen LogP) is 3.82. The number of hydrogen-bond acceptors (Lipinski definition) is 3. The molecule has 3 N–H and O–H groups in total. The van der Waals surface area contributed by atoms with Crippen LogP contribution in [0.4, 0.5) is 0 Å². The molecule has 1 aromatic heterocycles. The second kappa shape index (κ2) is 5.61. The van der Waals surface area contributed by atoms with Crippen molar-refractivity contribution < 1.29 is 0 Å². The number of hydrazine groups is 1. The number of thiophene rings is 1. The largest absolute Gasteiger partial charge is 0.271 e. The van der Waals surface area contributed by atoms with Crippen LogP contribution < -0.4 is 11.3 Å². The van der Waals surface area contributed by atoms with Gasteiger partial charge < -0.3 is 0 Å². The van der Waals surface area contributed by atoms with E-state index >= 15 is 0 Å². The molecular weight excluding hydrogens is 328 g/mol. The average Bonchev–Trinajstić information content (AvgIpc) is 2.48. The van der Waals surface area contributed by atoms with E-state index in [4.69, 9.17) is 5.84 Å². The van der Waals surface area contributed by atoms with Crippen molar-refractivity contribution in [2.24, 2.45) is 11.8 Å². The molecule has 1 heterocycles. The lowest BCUT2D eigenvalue weighted by Crippen LogP contribution is -2.31. The highest BCUT2D eigenvalue weighted by Gasteiger charge is 2.19. The summed E-state index contributed by atoms with van der Waals surface area (Å²) in [6.45, 7) is 4.37. The Hall–Kier alpha value is 0.580. The van der Waals surface area contributed by atoms with Crippen LogP contribution in [-0.2, 0) is 0 Å². The Morgan fingerprint density at radius 2 is 2.21 bits per heavy atom. The molecule has 0 aliphatic rings. The summed E-state index contributed by atoms with van der Waals surface area (Å²) in [6.07, 6.45) is 1.11. The van der Waals surface area contributed by atoms with Crippen LogP contribution in [0.2, 0.25) is 0 Å². The first-order valence-corrected chi connectivity index (χ1v) is 6.91. The quantitative estimate of drug-likeness (QED) is 0.645. The molecule has 80 valence electrons. The van der Waals surface area contributed by atoms with Gasteiger partial charge in [-0.15, -0.1) is 11.3 Å². The first-order valence-electron chi connectivity index (χ1n) is 4.51. The maximum atomic E-state index is 5.57. The minimum Gasteiger partial charge on any atom is -0.271 e. The van der Waals surface area contributed by atoms with Crippen LogP contribution in [-0.4, -0.2) is 0 Å². The smallest absolute Gasteiger partial charge is 0.0843 e. The van der Waals surface area contributed by atoms with Gasteiger partial charge in [0.25, 0.3) is 0 Å². The van der Waals surface area contributed by atoms with Crippen molar-refractivity contribution in [2.45, 2.75) is 26.3 Å². The van der Waals surface area contributed by atoms with Crippen molar-refractivity contribution in [1.29, 1.82) is 0 Å². The highest BCUT2D eigenvalue weighted by Crippen LogP contribution is 2.37. The molecule has 2 atom stereocenters. The maximum Gasteiger partial charge on any atom is 0.0843 e. The van der Waals surface area contributed by atoms with E-state index in [0.29, 0.717) is 5.92 Å². The summed E-state index contributed by atoms with van der Waals surface area (Å²) >= 11 is 8.69. The van der Waals surface area contributed by atoms with Crippen LogP contribution in [0.25, 0.3) is 0 Å². The van der Waals surface area contributed by atoms with Crippen molar-refractivity contribution >= 4 is 43.2 Å². The van der Waals surface area contributed by atoms with Crippen LogP contribution in [0.15, 0.2) is 14.3 Å². The normalized spacial score (nSPS) is 15.5. The van der Waals surface area contributed by atoms with Gasteiger partial charge in [-0.3, -0.25) is 11.3 Å². The highest BCUT2D eigenvalue weighted by molar-refractivity contribution is 9.13. The third-order valence-corrected chi connectivity index (χ3v) is 5.70. The monoisotopic (exact) mass is 340 g/mol. The van der Waals surface area contributed by atoms with Crippen molar-refractivity contribution in [1.82, 2.24) is 5.43 Å². The van der Waals surface area contributed by atoms with Crippen LogP contribution in [0.3, 0.4) is 0 Å². The maximum absolute atomic E-state index is 5.57. The van der Waals surface area contributed by atoms with Gasteiger partial charge in [-0.2, -0.15) is 0 Å². The SMILES string of the molecule is CCC(C)C(NN)c1cc(Br)c(Br)s1. The molecule has 0 spiro atoms. The topological polar surface area (TPSA) is 38.0 Å². The average molecular weight is 342 g/mol. The molecule has 0 aliphatic carbocycles. The van der Waals surface area contributed by atoms with Crippen LogP contribution in [0.1, 0.15) is 31.2 Å². The predicted molar refractivity (Wildman–Crippen MR) is 69.2 cm³/mol. The zero-order chi connectivity index (χ0) is 10.7. The minimum atomic E-state index is 0.243. The Labute approximate surface area is 105 Å². The summed E-state index contributed by atoms with van der Waals surface area (Å²) in [4.78, 5) is 1.26. The third-order valence-electron chi connectivity index (χ3n) is 2.36. The summed E-state index contributed by atoms with van der Waals surface area (Å²) in [7, 11) is 0. The molecule has 0 aliphatic heterocycles. The number of nitrogens with two attached hydrogens (primary N) is 1. The number of nitrogens with one attached hydrogen (secondary N) is 1. The van der Waals surface area contributed by atoms with E-state index in [-0.39, 0.29) is 6.04 Å². The van der Waals surface area contributed by atoms with E-state index < -0.39 is 0 Å². The molecule has 0 radical (unpaired) electrons. The van der Waals surface area contributed by atoms with Crippen LogP contribution >= 0.6 is 43.2 Å². The van der Waals surface area contributed by atoms with Crippen molar-refractivity contribution in [3.8, 4) is 0 Å². The van der Waals surface area contributed by atoms with Gasteiger partial charge in [-0.1, -0.05) is 20.3 Å². The standard InChI is InChI=1S/C9H14Br2N2S/c1-3-5(2)8(13-12)7-4-6(10)9(11)14-7/h4-5,8,13H,3,12H2,1-2H3. The van der Waals surface area contributed by atoms with Crippen molar-refractivity contribution in [3.05, 3.63) is 19.2 Å². The number of halogens is 2. The summed E-state index contributed by atoms with van der Waals surface area (Å²) in [5.74, 6) is 6.11. The Bertz CT molecular complexity index is 282. The third kappa shape index (κ3) is 2.79. The fourth-order valence-electron chi connectivity index (χ4n) is 1.28. The second-order valence-corrected chi connectivity index (χ2v) is 6.56. The summed E-state index contributed by atoms with van der Waals surface area (Å²) in [5, 5.41) is 0. The Morgan fingerprint density at radius 1 is 1.57 bits per heavy atom. The lowest BCUT2D eigenvalue weighted by atomic mass is 9.99. The van der Waals surface area contributed by atoms with E-state index in [1.807, 2.05) is 0 Å². The molecule has 5 heteroatoms. The molecule has 0 saturated carbocycles. The molecule has 14 heavy (non-hydrogen) atoms. The van der Waals surface area contributed by atoms with E-state index in [1.54, 1.807) is 11.3 Å². The number of rotatable bonds is 4. The van der Waals surface area contributed by atoms with Crippen LogP contribution in [0.5, 0.6) is 0 Å². The summed E-state index contributed by atoms with van der Waals surface area (Å²) in [5.41, 5.74) is 2.88. The fourth-order valence-corrected chi connectivity index (χ4v) is 3.56. The van der Waals surface area contributed by atoms with Crippen molar-refractivity contribution in [2.75, 3.05) is 0 Å². The molecule has 0 bridgehead atoms. The van der Waals surface area contributed by atoms with Gasteiger partial charge in [-0.05, 0) is 43.8 Å². The minimum absolute atomic E-state index is 0.243. The van der Waals surface area contributed by atoms with E-state index in [9.17, 15) is 0 Å².